The number of hydrogen-bond donors (Lipinski definition) is 3. The third-order valence-electron chi connectivity index (χ3n) is 6.03. The molecule has 3 heterocycles. The van der Waals surface area contributed by atoms with Crippen LogP contribution in [0, 0.1) is 5.82 Å². The van der Waals surface area contributed by atoms with Crippen molar-refractivity contribution in [3.8, 4) is 16.9 Å². The summed E-state index contributed by atoms with van der Waals surface area (Å²) in [5.41, 5.74) is 7.21. The number of nitrogen functional groups attached to an aromatic ring is 1. The lowest BCUT2D eigenvalue weighted by Crippen LogP contribution is -2.23. The number of benzene rings is 2. The van der Waals surface area contributed by atoms with E-state index in [4.69, 9.17) is 5.73 Å². The van der Waals surface area contributed by atoms with Crippen LogP contribution in [0.2, 0.25) is 0 Å². The van der Waals surface area contributed by atoms with Crippen LogP contribution in [0.1, 0.15) is 26.5 Å². The average molecular weight is 528 g/mol. The fourth-order valence-electron chi connectivity index (χ4n) is 3.96. The number of nitrogens with one attached hydrogen (secondary N) is 2. The van der Waals surface area contributed by atoms with E-state index >= 15 is 0 Å². The number of aromatic nitrogens is 6. The van der Waals surface area contributed by atoms with Crippen LogP contribution in [0.25, 0.3) is 28.1 Å². The second-order valence-corrected chi connectivity index (χ2v) is 9.95. The van der Waals surface area contributed by atoms with Gasteiger partial charge in [0.1, 0.15) is 22.8 Å². The van der Waals surface area contributed by atoms with Crippen molar-refractivity contribution in [2.75, 3.05) is 16.4 Å². The molecule has 2 amide bonds. The van der Waals surface area contributed by atoms with Crippen molar-refractivity contribution in [2.24, 2.45) is 7.05 Å². The van der Waals surface area contributed by atoms with Gasteiger partial charge in [-0.3, -0.25) is 14.7 Å². The largest absolute Gasteiger partial charge is 0.368 e. The quantitative estimate of drug-likeness (QED) is 0.317. The highest BCUT2D eigenvalue weighted by Crippen LogP contribution is 2.27. The molecule has 11 nitrogen and oxygen atoms in total. The molecule has 5 aromatic rings. The first kappa shape index (κ1) is 25.5. The molecule has 0 aliphatic carbocycles. The van der Waals surface area contributed by atoms with Crippen molar-refractivity contribution in [1.82, 2.24) is 29.3 Å². The summed E-state index contributed by atoms with van der Waals surface area (Å²) in [6.07, 6.45) is 1.40. The fraction of sp³-hybridized carbons (Fsp3) is 0.185. The Bertz CT molecular complexity index is 1770. The Balaban J connectivity index is 1.47. The van der Waals surface area contributed by atoms with E-state index in [0.717, 1.165) is 17.4 Å². The van der Waals surface area contributed by atoms with E-state index in [1.165, 1.54) is 29.9 Å². The first-order valence-electron chi connectivity index (χ1n) is 12.0. The third kappa shape index (κ3) is 5.04. The maximum atomic E-state index is 14.8. The van der Waals surface area contributed by atoms with Gasteiger partial charge >= 0.3 is 6.03 Å². The van der Waals surface area contributed by atoms with Crippen molar-refractivity contribution in [3.63, 3.8) is 0 Å². The van der Waals surface area contributed by atoms with Crippen LogP contribution < -0.4 is 21.9 Å². The zero-order valence-corrected chi connectivity index (χ0v) is 21.7. The molecule has 0 spiro atoms. The minimum absolute atomic E-state index is 0.00885. The van der Waals surface area contributed by atoms with Gasteiger partial charge in [-0.2, -0.15) is 10.1 Å². The number of para-hydroxylation sites is 1. The Morgan fingerprint density at radius 3 is 2.49 bits per heavy atom. The van der Waals surface area contributed by atoms with Crippen LogP contribution >= 0.6 is 0 Å². The summed E-state index contributed by atoms with van der Waals surface area (Å²) in [5, 5.41) is 9.96. The minimum atomic E-state index is -0.688. The molecule has 3 aromatic heterocycles. The third-order valence-corrected chi connectivity index (χ3v) is 6.03. The lowest BCUT2D eigenvalue weighted by molar-refractivity contribution is 0.262. The summed E-state index contributed by atoms with van der Waals surface area (Å²) >= 11 is 0. The van der Waals surface area contributed by atoms with Crippen LogP contribution in [-0.2, 0) is 12.5 Å². The van der Waals surface area contributed by atoms with Crippen LogP contribution in [0.5, 0.6) is 0 Å². The van der Waals surface area contributed by atoms with Gasteiger partial charge in [-0.05, 0) is 30.3 Å². The van der Waals surface area contributed by atoms with Gasteiger partial charge < -0.3 is 11.1 Å². The number of nitrogens with zero attached hydrogens (tertiary/aromatic N) is 6. The Hall–Kier alpha value is -5.13. The number of aryl methyl sites for hydroxylation is 1. The van der Waals surface area contributed by atoms with E-state index in [1.807, 2.05) is 51.1 Å². The second kappa shape index (κ2) is 9.63. The molecule has 0 aliphatic heterocycles. The first-order valence-corrected chi connectivity index (χ1v) is 12.0. The van der Waals surface area contributed by atoms with Gasteiger partial charge in [0.05, 0.1) is 23.3 Å². The number of halogens is 1. The maximum absolute atomic E-state index is 14.8. The van der Waals surface area contributed by atoms with Crippen molar-refractivity contribution >= 4 is 34.6 Å². The topological polar surface area (TPSA) is 146 Å². The molecular formula is C27H26FN9O2. The molecule has 0 fully saturated rings. The molecule has 0 saturated carbocycles. The van der Waals surface area contributed by atoms with Gasteiger partial charge in [-0.1, -0.05) is 39.0 Å². The predicted molar refractivity (Wildman–Crippen MR) is 147 cm³/mol. The first-order chi connectivity index (χ1) is 18.5. The molecule has 0 aliphatic rings. The molecule has 2 aromatic carbocycles. The Labute approximate surface area is 222 Å². The lowest BCUT2D eigenvalue weighted by Gasteiger charge is -2.14. The smallest absolute Gasteiger partial charge is 0.324 e. The molecule has 12 heteroatoms. The minimum Gasteiger partial charge on any atom is -0.368 e. The number of hydrogen-bond acceptors (Lipinski definition) is 7. The Morgan fingerprint density at radius 1 is 1.03 bits per heavy atom. The van der Waals surface area contributed by atoms with Crippen LogP contribution in [-0.4, -0.2) is 35.3 Å². The zero-order chi connectivity index (χ0) is 27.9. The van der Waals surface area contributed by atoms with Crippen molar-refractivity contribution < 1.29 is 9.18 Å². The van der Waals surface area contributed by atoms with Gasteiger partial charge in [0.2, 0.25) is 5.95 Å². The van der Waals surface area contributed by atoms with E-state index in [0.29, 0.717) is 16.9 Å². The SMILES string of the molecule is Cn1c(=O)c(-c2ccc(F)c(NC(=O)Nc3cc(C(C)(C)C)nn3-c3ccccc3)c2)nc2cnc(N)nc21. The number of amides is 2. The molecule has 4 N–H and O–H groups in total. The molecule has 0 bridgehead atoms. The highest BCUT2D eigenvalue weighted by molar-refractivity contribution is 6.00. The summed E-state index contributed by atoms with van der Waals surface area (Å²) in [7, 11) is 1.53. The van der Waals surface area contributed by atoms with Crippen molar-refractivity contribution in [1.29, 1.82) is 0 Å². The standard InChI is InChI=1S/C27H26FN9O2/c1-27(2,3)20-13-21(37(35-20)16-8-6-5-7-9-16)33-26(39)32-18-12-15(10-11-17(18)28)22-24(38)36(4)23-19(31-22)14-30-25(29)34-23/h5-14H,1-4H3,(H2,29,30,34)(H2,32,33,39). The fourth-order valence-corrected chi connectivity index (χ4v) is 3.96. The van der Waals surface area contributed by atoms with Gasteiger partial charge in [0, 0.05) is 24.1 Å². The Morgan fingerprint density at radius 2 is 1.77 bits per heavy atom. The van der Waals surface area contributed by atoms with Crippen LogP contribution in [0.3, 0.4) is 0 Å². The Kier molecular flexibility index (Phi) is 6.30. The maximum Gasteiger partial charge on any atom is 0.324 e. The number of fused-ring (bicyclic) bond motifs is 1. The second-order valence-electron chi connectivity index (χ2n) is 9.95. The van der Waals surface area contributed by atoms with Crippen LogP contribution in [0.15, 0.2) is 65.6 Å². The van der Waals surface area contributed by atoms with Crippen molar-refractivity contribution in [3.05, 3.63) is 82.7 Å². The highest BCUT2D eigenvalue weighted by Gasteiger charge is 2.22. The van der Waals surface area contributed by atoms with Gasteiger partial charge in [-0.25, -0.2) is 23.8 Å². The van der Waals surface area contributed by atoms with Gasteiger partial charge in [0.15, 0.2) is 5.65 Å². The average Bonchev–Trinajstić information content (AvgIpc) is 3.33. The normalized spacial score (nSPS) is 11.5. The highest BCUT2D eigenvalue weighted by atomic mass is 19.1. The van der Waals surface area contributed by atoms with Gasteiger partial charge in [0.25, 0.3) is 5.56 Å². The van der Waals surface area contributed by atoms with E-state index in [1.54, 1.807) is 10.7 Å². The van der Waals surface area contributed by atoms with Crippen molar-refractivity contribution in [2.45, 2.75) is 26.2 Å². The molecule has 0 unspecified atom stereocenters. The number of rotatable bonds is 4. The van der Waals surface area contributed by atoms with E-state index in [2.05, 4.69) is 30.7 Å². The molecule has 5 rings (SSSR count). The monoisotopic (exact) mass is 527 g/mol. The predicted octanol–water partition coefficient (Wildman–Crippen LogP) is 4.24. The molecule has 0 saturated heterocycles. The number of urea groups is 1. The molecule has 0 radical (unpaired) electrons. The summed E-state index contributed by atoms with van der Waals surface area (Å²) in [5.74, 6) is -0.270. The number of anilines is 3. The molecule has 0 atom stereocenters. The molecule has 39 heavy (non-hydrogen) atoms. The van der Waals surface area contributed by atoms with Gasteiger partial charge in [-0.15, -0.1) is 0 Å². The number of nitrogens with two attached hydrogens (primary N) is 1. The number of carbonyl (C=O) groups excluding carboxylic acids is 1. The summed E-state index contributed by atoms with van der Waals surface area (Å²) in [6.45, 7) is 6.05. The van der Waals surface area contributed by atoms with E-state index in [9.17, 15) is 14.0 Å². The summed E-state index contributed by atoms with van der Waals surface area (Å²) < 4.78 is 17.7. The molecule has 198 valence electrons. The van der Waals surface area contributed by atoms with E-state index < -0.39 is 17.4 Å². The zero-order valence-electron chi connectivity index (χ0n) is 21.7. The van der Waals surface area contributed by atoms with Crippen LogP contribution in [0.4, 0.5) is 26.6 Å². The summed E-state index contributed by atoms with van der Waals surface area (Å²) in [4.78, 5) is 38.4. The number of carbonyl (C=O) groups is 1. The van der Waals surface area contributed by atoms with E-state index in [-0.39, 0.29) is 28.4 Å². The summed E-state index contributed by atoms with van der Waals surface area (Å²) in [6, 6.07) is 14.3. The molecular weight excluding hydrogens is 501 g/mol. The lowest BCUT2D eigenvalue weighted by atomic mass is 9.92.